The van der Waals surface area contributed by atoms with Crippen molar-refractivity contribution < 1.29 is 14.7 Å². The quantitative estimate of drug-likeness (QED) is 0.619. The van der Waals surface area contributed by atoms with E-state index in [0.717, 1.165) is 44.8 Å². The highest BCUT2D eigenvalue weighted by Gasteiger charge is 2.24. The van der Waals surface area contributed by atoms with Crippen molar-refractivity contribution in [1.82, 2.24) is 0 Å². The number of hydrogen-bond donors (Lipinski definition) is 2. The Balaban J connectivity index is 1.54. The third-order valence-corrected chi connectivity index (χ3v) is 4.94. The predicted octanol–water partition coefficient (Wildman–Crippen LogP) is 0.732. The van der Waals surface area contributed by atoms with Crippen LogP contribution in [-0.4, -0.2) is 31.1 Å². The molecular weight excluding hydrogens is 326 g/mol. The summed E-state index contributed by atoms with van der Waals surface area (Å²) in [5.74, 6) is 0. The standard InChI is InChI=1S/C18H20ClN3O2/c19-17-7-6-16(12-18(17)22(23)24)14-21-10-8-20(9-11-21)13-15-4-2-1-3-5-15/h1-7,12H,8-11,13-14H2/p+2. The van der Waals surface area contributed by atoms with Gasteiger partial charge in [-0.25, -0.2) is 0 Å². The Kier molecular flexibility index (Phi) is 5.45. The number of rotatable bonds is 5. The van der Waals surface area contributed by atoms with Crippen molar-refractivity contribution in [3.05, 3.63) is 74.8 Å². The molecule has 0 unspecified atom stereocenters. The van der Waals surface area contributed by atoms with Gasteiger partial charge in [0, 0.05) is 17.2 Å². The van der Waals surface area contributed by atoms with E-state index >= 15 is 0 Å². The molecule has 1 saturated heterocycles. The third-order valence-electron chi connectivity index (χ3n) is 4.62. The first-order valence-corrected chi connectivity index (χ1v) is 8.63. The summed E-state index contributed by atoms with van der Waals surface area (Å²) in [7, 11) is 0. The minimum atomic E-state index is -0.414. The zero-order valence-corrected chi connectivity index (χ0v) is 14.3. The second-order valence-corrected chi connectivity index (χ2v) is 6.79. The molecule has 1 aliphatic heterocycles. The fourth-order valence-electron chi connectivity index (χ4n) is 3.29. The van der Waals surface area contributed by atoms with Crippen LogP contribution in [0.4, 0.5) is 5.69 Å². The van der Waals surface area contributed by atoms with Crippen molar-refractivity contribution in [2.75, 3.05) is 26.2 Å². The van der Waals surface area contributed by atoms with E-state index in [0.29, 0.717) is 0 Å². The molecule has 1 heterocycles. The van der Waals surface area contributed by atoms with Crippen LogP contribution >= 0.6 is 11.6 Å². The molecule has 3 rings (SSSR count). The molecule has 2 aromatic carbocycles. The SMILES string of the molecule is O=[N+]([O-])c1cc(C[NH+]2CC[NH+](Cc3ccccc3)CC2)ccc1Cl. The van der Waals surface area contributed by atoms with Crippen molar-refractivity contribution in [3.8, 4) is 0 Å². The van der Waals surface area contributed by atoms with Crippen LogP contribution in [0.3, 0.4) is 0 Å². The molecule has 2 aromatic rings. The van der Waals surface area contributed by atoms with Crippen LogP contribution in [0.25, 0.3) is 0 Å². The molecule has 24 heavy (non-hydrogen) atoms. The topological polar surface area (TPSA) is 52.0 Å². The van der Waals surface area contributed by atoms with Crippen molar-refractivity contribution in [2.24, 2.45) is 0 Å². The predicted molar refractivity (Wildman–Crippen MR) is 93.3 cm³/mol. The Morgan fingerprint density at radius 2 is 1.50 bits per heavy atom. The van der Waals surface area contributed by atoms with E-state index in [1.807, 2.05) is 12.1 Å². The molecule has 0 atom stereocenters. The zero-order valence-electron chi connectivity index (χ0n) is 13.5. The highest BCUT2D eigenvalue weighted by atomic mass is 35.5. The first-order chi connectivity index (χ1) is 11.6. The molecule has 0 bridgehead atoms. The molecule has 5 nitrogen and oxygen atoms in total. The lowest BCUT2D eigenvalue weighted by Gasteiger charge is -2.29. The van der Waals surface area contributed by atoms with Gasteiger partial charge in [-0.15, -0.1) is 0 Å². The van der Waals surface area contributed by atoms with Crippen LogP contribution in [0.15, 0.2) is 48.5 Å². The van der Waals surface area contributed by atoms with E-state index in [2.05, 4.69) is 24.3 Å². The number of nitrogens with zero attached hydrogens (tertiary/aromatic N) is 1. The summed E-state index contributed by atoms with van der Waals surface area (Å²) in [6, 6.07) is 15.7. The molecule has 1 aliphatic rings. The first kappa shape index (κ1) is 16.9. The maximum Gasteiger partial charge on any atom is 0.288 e. The van der Waals surface area contributed by atoms with Gasteiger partial charge in [0.15, 0.2) is 0 Å². The number of piperazine rings is 1. The van der Waals surface area contributed by atoms with E-state index in [-0.39, 0.29) is 10.7 Å². The van der Waals surface area contributed by atoms with Gasteiger partial charge >= 0.3 is 0 Å². The van der Waals surface area contributed by atoms with Gasteiger partial charge in [-0.05, 0) is 6.07 Å². The zero-order chi connectivity index (χ0) is 16.9. The summed E-state index contributed by atoms with van der Waals surface area (Å²) >= 11 is 5.88. The third kappa shape index (κ3) is 4.32. The van der Waals surface area contributed by atoms with Gasteiger partial charge in [0.05, 0.1) is 4.92 Å². The molecule has 1 fully saturated rings. The summed E-state index contributed by atoms with van der Waals surface area (Å²) in [6.45, 7) is 6.30. The lowest BCUT2D eigenvalue weighted by molar-refractivity contribution is -1.02. The highest BCUT2D eigenvalue weighted by Crippen LogP contribution is 2.24. The fraction of sp³-hybridized carbons (Fsp3) is 0.333. The van der Waals surface area contributed by atoms with Gasteiger partial charge in [-0.1, -0.05) is 48.0 Å². The Morgan fingerprint density at radius 3 is 2.08 bits per heavy atom. The Morgan fingerprint density at radius 1 is 0.917 bits per heavy atom. The van der Waals surface area contributed by atoms with Gasteiger partial charge in [0.1, 0.15) is 44.3 Å². The second kappa shape index (κ2) is 7.75. The molecule has 2 N–H and O–H groups in total. The van der Waals surface area contributed by atoms with Gasteiger partial charge in [0.25, 0.3) is 5.69 Å². The van der Waals surface area contributed by atoms with E-state index < -0.39 is 4.92 Å². The average molecular weight is 348 g/mol. The molecule has 126 valence electrons. The van der Waals surface area contributed by atoms with Crippen LogP contribution in [0.2, 0.25) is 5.02 Å². The van der Waals surface area contributed by atoms with Crippen LogP contribution in [0.1, 0.15) is 11.1 Å². The average Bonchev–Trinajstić information content (AvgIpc) is 2.59. The minimum absolute atomic E-state index is 0.00176. The minimum Gasteiger partial charge on any atom is -0.322 e. The number of nitro benzene ring substituents is 1. The highest BCUT2D eigenvalue weighted by molar-refractivity contribution is 6.32. The molecule has 0 saturated carbocycles. The van der Waals surface area contributed by atoms with Crippen molar-refractivity contribution >= 4 is 17.3 Å². The molecule has 0 aliphatic carbocycles. The molecule has 0 aromatic heterocycles. The van der Waals surface area contributed by atoms with Gasteiger partial charge in [0.2, 0.25) is 0 Å². The monoisotopic (exact) mass is 347 g/mol. The van der Waals surface area contributed by atoms with Crippen LogP contribution in [0, 0.1) is 10.1 Å². The van der Waals surface area contributed by atoms with E-state index in [9.17, 15) is 10.1 Å². The second-order valence-electron chi connectivity index (χ2n) is 6.38. The maximum atomic E-state index is 11.0. The first-order valence-electron chi connectivity index (χ1n) is 8.25. The van der Waals surface area contributed by atoms with E-state index in [4.69, 9.17) is 11.6 Å². The lowest BCUT2D eigenvalue weighted by atomic mass is 10.1. The summed E-state index contributed by atoms with van der Waals surface area (Å²) < 4.78 is 0. The Hall–Kier alpha value is -1.95. The number of halogens is 1. The molecule has 0 radical (unpaired) electrons. The van der Waals surface area contributed by atoms with Crippen LogP contribution < -0.4 is 9.80 Å². The van der Waals surface area contributed by atoms with Crippen LogP contribution in [0.5, 0.6) is 0 Å². The summed E-state index contributed by atoms with van der Waals surface area (Å²) in [6.07, 6.45) is 0. The molecule has 0 amide bonds. The molecule has 6 heteroatoms. The van der Waals surface area contributed by atoms with Crippen molar-refractivity contribution in [3.63, 3.8) is 0 Å². The molecule has 0 spiro atoms. The van der Waals surface area contributed by atoms with E-state index in [1.165, 1.54) is 10.5 Å². The van der Waals surface area contributed by atoms with E-state index in [1.54, 1.807) is 17.0 Å². The van der Waals surface area contributed by atoms with Crippen molar-refractivity contribution in [1.29, 1.82) is 0 Å². The number of hydrogen-bond acceptors (Lipinski definition) is 2. The van der Waals surface area contributed by atoms with Gasteiger partial charge < -0.3 is 9.80 Å². The number of nitrogens with one attached hydrogen (secondary N) is 2. The van der Waals surface area contributed by atoms with Crippen molar-refractivity contribution in [2.45, 2.75) is 13.1 Å². The summed E-state index contributed by atoms with van der Waals surface area (Å²) in [5, 5.41) is 11.2. The largest absolute Gasteiger partial charge is 0.322 e. The lowest BCUT2D eigenvalue weighted by Crippen LogP contribution is -3.27. The van der Waals surface area contributed by atoms with Crippen LogP contribution in [-0.2, 0) is 13.1 Å². The smallest absolute Gasteiger partial charge is 0.288 e. The summed E-state index contributed by atoms with van der Waals surface area (Å²) in [5.41, 5.74) is 2.36. The molecular formula is C18H22ClN3O2+2. The summed E-state index contributed by atoms with van der Waals surface area (Å²) in [4.78, 5) is 13.7. The normalized spacial score (nSPS) is 20.7. The number of benzene rings is 2. The fourth-order valence-corrected chi connectivity index (χ4v) is 3.48. The Bertz CT molecular complexity index is 701. The van der Waals surface area contributed by atoms with Gasteiger partial charge in [-0.3, -0.25) is 10.1 Å². The maximum absolute atomic E-state index is 11.0. The number of nitro groups is 1. The van der Waals surface area contributed by atoms with Gasteiger partial charge in [-0.2, -0.15) is 0 Å². The number of quaternary nitrogens is 2. The Labute approximate surface area is 146 Å².